The molecule has 1 saturated carbocycles. The van der Waals surface area contributed by atoms with Crippen molar-refractivity contribution in [2.75, 3.05) is 36.4 Å². The first kappa shape index (κ1) is 17.1. The monoisotopic (exact) mass is 343 g/mol. The number of nitrogens with zero attached hydrogens (tertiary/aromatic N) is 4. The highest BCUT2D eigenvalue weighted by Gasteiger charge is 2.29. The second-order valence-electron chi connectivity index (χ2n) is 8.06. The van der Waals surface area contributed by atoms with Gasteiger partial charge in [-0.05, 0) is 38.2 Å². The molecule has 2 saturated heterocycles. The van der Waals surface area contributed by atoms with Gasteiger partial charge in [0.05, 0.1) is 0 Å². The van der Waals surface area contributed by atoms with Crippen LogP contribution in [0.25, 0.3) is 0 Å². The molecule has 0 radical (unpaired) electrons. The molecule has 25 heavy (non-hydrogen) atoms. The Morgan fingerprint density at radius 3 is 2.44 bits per heavy atom. The van der Waals surface area contributed by atoms with Crippen molar-refractivity contribution in [3.8, 4) is 0 Å². The van der Waals surface area contributed by atoms with Crippen molar-refractivity contribution in [1.29, 1.82) is 0 Å². The molecule has 1 unspecified atom stereocenters. The fraction of sp³-hybridized carbons (Fsp3) is 0.800. The van der Waals surface area contributed by atoms with Gasteiger partial charge in [-0.15, -0.1) is 0 Å². The first-order valence-corrected chi connectivity index (χ1v) is 10.5. The molecule has 3 heterocycles. The van der Waals surface area contributed by atoms with E-state index in [0.29, 0.717) is 6.04 Å². The van der Waals surface area contributed by atoms with Crippen molar-refractivity contribution in [2.24, 2.45) is 0 Å². The number of rotatable bonds is 4. The first-order chi connectivity index (χ1) is 12.4. The summed E-state index contributed by atoms with van der Waals surface area (Å²) in [5.74, 6) is 1.92. The van der Waals surface area contributed by atoms with Crippen molar-refractivity contribution in [1.82, 2.24) is 14.9 Å². The van der Waals surface area contributed by atoms with Crippen LogP contribution in [0.1, 0.15) is 64.2 Å². The SMILES string of the molecule is c1cc(N2CCCCCC2)nc(NC2CCN(C3CCCCC3)C2)n1. The molecular weight excluding hydrogens is 310 g/mol. The number of likely N-dealkylation sites (tertiary alicyclic amines) is 1. The maximum atomic E-state index is 4.82. The van der Waals surface area contributed by atoms with Crippen LogP contribution in [-0.2, 0) is 0 Å². The van der Waals surface area contributed by atoms with Crippen molar-refractivity contribution in [2.45, 2.75) is 76.3 Å². The topological polar surface area (TPSA) is 44.3 Å². The standard InChI is InChI=1S/C20H33N5/c1-2-7-14-24(13-6-1)19-10-12-21-20(23-19)22-17-11-15-25(16-17)18-8-4-3-5-9-18/h10,12,17-18H,1-9,11,13-16H2,(H,21,22,23). The smallest absolute Gasteiger partial charge is 0.224 e. The molecule has 0 bridgehead atoms. The first-order valence-electron chi connectivity index (χ1n) is 10.5. The van der Waals surface area contributed by atoms with E-state index in [1.807, 2.05) is 6.20 Å². The van der Waals surface area contributed by atoms with Gasteiger partial charge in [0.1, 0.15) is 5.82 Å². The Kier molecular flexibility index (Phi) is 5.70. The summed E-state index contributed by atoms with van der Waals surface area (Å²) in [4.78, 5) is 14.5. The van der Waals surface area contributed by atoms with Gasteiger partial charge in [-0.3, -0.25) is 4.90 Å². The Morgan fingerprint density at radius 1 is 0.880 bits per heavy atom. The second kappa shape index (κ2) is 8.35. The number of anilines is 2. The van der Waals surface area contributed by atoms with Crippen molar-refractivity contribution >= 4 is 11.8 Å². The molecule has 0 amide bonds. The van der Waals surface area contributed by atoms with Crippen molar-refractivity contribution < 1.29 is 0 Å². The van der Waals surface area contributed by atoms with Gasteiger partial charge in [0.15, 0.2) is 0 Å². The van der Waals surface area contributed by atoms with E-state index < -0.39 is 0 Å². The van der Waals surface area contributed by atoms with Gasteiger partial charge in [-0.1, -0.05) is 32.1 Å². The van der Waals surface area contributed by atoms with Crippen molar-refractivity contribution in [3.63, 3.8) is 0 Å². The Morgan fingerprint density at radius 2 is 1.64 bits per heavy atom. The number of nitrogens with one attached hydrogen (secondary N) is 1. The lowest BCUT2D eigenvalue weighted by atomic mass is 9.94. The molecule has 1 atom stereocenters. The quantitative estimate of drug-likeness (QED) is 0.903. The molecule has 0 aromatic carbocycles. The third-order valence-corrected chi connectivity index (χ3v) is 6.21. The summed E-state index contributed by atoms with van der Waals surface area (Å²) in [6.07, 6.45) is 15.5. The number of hydrogen-bond acceptors (Lipinski definition) is 5. The minimum Gasteiger partial charge on any atom is -0.356 e. The molecule has 138 valence electrons. The molecular formula is C20H33N5. The highest BCUT2D eigenvalue weighted by molar-refractivity contribution is 5.43. The molecule has 5 nitrogen and oxygen atoms in total. The molecule has 1 aromatic rings. The van der Waals surface area contributed by atoms with Crippen LogP contribution in [0.4, 0.5) is 11.8 Å². The average molecular weight is 344 g/mol. The van der Waals surface area contributed by atoms with E-state index in [0.717, 1.165) is 37.4 Å². The van der Waals surface area contributed by atoms with Crippen LogP contribution in [0.15, 0.2) is 12.3 Å². The predicted molar refractivity (Wildman–Crippen MR) is 103 cm³/mol. The molecule has 3 aliphatic rings. The minimum absolute atomic E-state index is 0.501. The molecule has 1 aromatic heterocycles. The van der Waals surface area contributed by atoms with E-state index in [-0.39, 0.29) is 0 Å². The highest BCUT2D eigenvalue weighted by Crippen LogP contribution is 2.26. The van der Waals surface area contributed by atoms with Crippen LogP contribution in [0.5, 0.6) is 0 Å². The third-order valence-electron chi connectivity index (χ3n) is 6.21. The Hall–Kier alpha value is -1.36. The van der Waals surface area contributed by atoms with Gasteiger partial charge in [-0.25, -0.2) is 4.98 Å². The average Bonchev–Trinajstić information content (AvgIpc) is 2.95. The molecule has 5 heteroatoms. The van der Waals surface area contributed by atoms with Crippen LogP contribution in [0, 0.1) is 0 Å². The molecule has 1 N–H and O–H groups in total. The van der Waals surface area contributed by atoms with E-state index >= 15 is 0 Å². The van der Waals surface area contributed by atoms with Gasteiger partial charge in [0, 0.05) is 44.5 Å². The van der Waals surface area contributed by atoms with Crippen LogP contribution in [0.3, 0.4) is 0 Å². The van der Waals surface area contributed by atoms with Gasteiger partial charge < -0.3 is 10.2 Å². The summed E-state index contributed by atoms with van der Waals surface area (Å²) in [6, 6.07) is 3.39. The Balaban J connectivity index is 1.34. The lowest BCUT2D eigenvalue weighted by Gasteiger charge is -2.31. The van der Waals surface area contributed by atoms with E-state index in [9.17, 15) is 0 Å². The zero-order valence-corrected chi connectivity index (χ0v) is 15.5. The van der Waals surface area contributed by atoms with Gasteiger partial charge >= 0.3 is 0 Å². The zero-order valence-electron chi connectivity index (χ0n) is 15.5. The summed E-state index contributed by atoms with van der Waals surface area (Å²) in [5.41, 5.74) is 0. The molecule has 0 spiro atoms. The van der Waals surface area contributed by atoms with E-state index in [2.05, 4.69) is 26.2 Å². The maximum Gasteiger partial charge on any atom is 0.224 e. The summed E-state index contributed by atoms with van der Waals surface area (Å²) in [6.45, 7) is 4.65. The van der Waals surface area contributed by atoms with Crippen LogP contribution >= 0.6 is 0 Å². The van der Waals surface area contributed by atoms with E-state index in [1.54, 1.807) is 0 Å². The summed E-state index contributed by atoms with van der Waals surface area (Å²) in [7, 11) is 0. The van der Waals surface area contributed by atoms with Crippen LogP contribution in [0.2, 0.25) is 0 Å². The number of aromatic nitrogens is 2. The summed E-state index contributed by atoms with van der Waals surface area (Å²) < 4.78 is 0. The van der Waals surface area contributed by atoms with E-state index in [1.165, 1.54) is 70.8 Å². The lowest BCUT2D eigenvalue weighted by Crippen LogP contribution is -2.36. The molecule has 1 aliphatic carbocycles. The van der Waals surface area contributed by atoms with Gasteiger partial charge in [0.2, 0.25) is 5.95 Å². The molecule has 4 rings (SSSR count). The van der Waals surface area contributed by atoms with Crippen molar-refractivity contribution in [3.05, 3.63) is 12.3 Å². The predicted octanol–water partition coefficient (Wildman–Crippen LogP) is 3.68. The minimum atomic E-state index is 0.501. The summed E-state index contributed by atoms with van der Waals surface area (Å²) in [5, 5.41) is 3.61. The number of hydrogen-bond donors (Lipinski definition) is 1. The fourth-order valence-corrected chi connectivity index (χ4v) is 4.76. The lowest BCUT2D eigenvalue weighted by molar-refractivity contribution is 0.190. The largest absolute Gasteiger partial charge is 0.356 e. The molecule has 3 fully saturated rings. The summed E-state index contributed by atoms with van der Waals surface area (Å²) >= 11 is 0. The second-order valence-corrected chi connectivity index (χ2v) is 8.06. The zero-order chi connectivity index (χ0) is 16.9. The Bertz CT molecular complexity index is 535. The van der Waals surface area contributed by atoms with Crippen LogP contribution < -0.4 is 10.2 Å². The van der Waals surface area contributed by atoms with Gasteiger partial charge in [0.25, 0.3) is 0 Å². The van der Waals surface area contributed by atoms with Crippen LogP contribution in [-0.4, -0.2) is 53.1 Å². The third kappa shape index (κ3) is 4.43. The van der Waals surface area contributed by atoms with Gasteiger partial charge in [-0.2, -0.15) is 4.98 Å². The normalized spacial score (nSPS) is 26.6. The maximum absolute atomic E-state index is 4.82. The van der Waals surface area contributed by atoms with E-state index in [4.69, 9.17) is 4.98 Å². The fourth-order valence-electron chi connectivity index (χ4n) is 4.76. The molecule has 2 aliphatic heterocycles. The highest BCUT2D eigenvalue weighted by atomic mass is 15.3. The Labute approximate surface area is 152 Å².